The van der Waals surface area contributed by atoms with Crippen molar-refractivity contribution in [2.75, 3.05) is 32.7 Å². The van der Waals surface area contributed by atoms with Gasteiger partial charge in [0.05, 0.1) is 37.5 Å². The van der Waals surface area contributed by atoms with Crippen molar-refractivity contribution in [2.45, 2.75) is 6.10 Å². The molecule has 1 aromatic rings. The van der Waals surface area contributed by atoms with Gasteiger partial charge in [-0.1, -0.05) is 0 Å². The van der Waals surface area contributed by atoms with E-state index >= 15 is 0 Å². The Hall–Kier alpha value is -1.33. The summed E-state index contributed by atoms with van der Waals surface area (Å²) in [7, 11) is 1.52. The molecule has 1 atom stereocenters. The third kappa shape index (κ3) is 2.73. The highest BCUT2D eigenvalue weighted by molar-refractivity contribution is 6.18. The fraction of sp³-hybridized carbons (Fsp3) is 0.500. The van der Waals surface area contributed by atoms with Gasteiger partial charge in [0.25, 0.3) is 5.91 Å². The molecule has 1 saturated heterocycles. The van der Waals surface area contributed by atoms with Gasteiger partial charge in [-0.15, -0.1) is 11.6 Å². The summed E-state index contributed by atoms with van der Waals surface area (Å²) in [6.45, 7) is 1.59. The lowest BCUT2D eigenvalue weighted by molar-refractivity contribution is -0.0109. The molecule has 1 amide bonds. The van der Waals surface area contributed by atoms with Crippen molar-refractivity contribution in [2.24, 2.45) is 0 Å². The Morgan fingerprint density at radius 2 is 2.56 bits per heavy atom. The van der Waals surface area contributed by atoms with Gasteiger partial charge < -0.3 is 14.4 Å². The molecule has 0 aromatic carbocycles. The van der Waals surface area contributed by atoms with Gasteiger partial charge in [-0.2, -0.15) is 0 Å². The normalized spacial score (nSPS) is 19.7. The molecule has 1 aromatic heterocycles. The predicted molar refractivity (Wildman–Crippen MR) is 67.2 cm³/mol. The second-order valence-corrected chi connectivity index (χ2v) is 4.28. The van der Waals surface area contributed by atoms with Crippen LogP contribution in [0.2, 0.25) is 0 Å². The quantitative estimate of drug-likeness (QED) is 0.774. The summed E-state index contributed by atoms with van der Waals surface area (Å²) in [5, 5.41) is 0. The number of carbonyl (C=O) groups is 1. The Balaban J connectivity index is 2.15. The smallest absolute Gasteiger partial charge is 0.257 e. The summed E-state index contributed by atoms with van der Waals surface area (Å²) in [5.74, 6) is 0.793. The molecule has 1 aliphatic rings. The average molecular weight is 271 g/mol. The van der Waals surface area contributed by atoms with Crippen LogP contribution in [0.4, 0.5) is 0 Å². The molecule has 2 heterocycles. The zero-order valence-corrected chi connectivity index (χ0v) is 10.9. The number of nitrogens with zero attached hydrogens (tertiary/aromatic N) is 2. The van der Waals surface area contributed by atoms with Crippen LogP contribution >= 0.6 is 11.6 Å². The minimum atomic E-state index is -0.0998. The molecule has 0 radical (unpaired) electrons. The third-order valence-corrected chi connectivity index (χ3v) is 3.18. The van der Waals surface area contributed by atoms with Crippen molar-refractivity contribution in [3.8, 4) is 5.75 Å². The maximum Gasteiger partial charge on any atom is 0.257 e. The van der Waals surface area contributed by atoms with E-state index in [2.05, 4.69) is 4.98 Å². The van der Waals surface area contributed by atoms with Gasteiger partial charge in [-0.3, -0.25) is 9.78 Å². The molecular weight excluding hydrogens is 256 g/mol. The second kappa shape index (κ2) is 6.02. The van der Waals surface area contributed by atoms with E-state index in [4.69, 9.17) is 21.1 Å². The molecule has 1 unspecified atom stereocenters. The molecule has 0 saturated carbocycles. The lowest BCUT2D eigenvalue weighted by Crippen LogP contribution is -2.46. The standard InChI is InChI=1S/C12H15ClN2O3/c1-17-11-7-14-3-2-10(11)12(16)15-4-5-18-9(6-13)8-15/h2-3,7,9H,4-6,8H2,1H3. The maximum absolute atomic E-state index is 12.4. The van der Waals surface area contributed by atoms with E-state index in [9.17, 15) is 4.79 Å². The fourth-order valence-corrected chi connectivity index (χ4v) is 2.07. The largest absolute Gasteiger partial charge is 0.494 e. The summed E-state index contributed by atoms with van der Waals surface area (Å²) in [5.41, 5.74) is 0.516. The SMILES string of the molecule is COc1cnccc1C(=O)N1CCOC(CCl)C1. The van der Waals surface area contributed by atoms with E-state index in [1.165, 1.54) is 13.3 Å². The van der Waals surface area contributed by atoms with Crippen LogP contribution in [0.15, 0.2) is 18.5 Å². The molecule has 2 rings (SSSR count). The Bertz CT molecular complexity index is 428. The van der Waals surface area contributed by atoms with Crippen LogP contribution in [0, 0.1) is 0 Å². The number of alkyl halides is 1. The third-order valence-electron chi connectivity index (χ3n) is 2.83. The van der Waals surface area contributed by atoms with E-state index < -0.39 is 0 Å². The number of halogens is 1. The van der Waals surface area contributed by atoms with Crippen LogP contribution in [0.1, 0.15) is 10.4 Å². The molecule has 98 valence electrons. The number of carbonyl (C=O) groups excluding carboxylic acids is 1. The number of aromatic nitrogens is 1. The van der Waals surface area contributed by atoms with E-state index in [0.29, 0.717) is 36.9 Å². The summed E-state index contributed by atoms with van der Waals surface area (Å²) >= 11 is 5.76. The minimum Gasteiger partial charge on any atom is -0.494 e. The van der Waals surface area contributed by atoms with Gasteiger partial charge in [0.15, 0.2) is 0 Å². The van der Waals surface area contributed by atoms with Crippen LogP contribution in [0.3, 0.4) is 0 Å². The van der Waals surface area contributed by atoms with Gasteiger partial charge in [-0.05, 0) is 6.07 Å². The van der Waals surface area contributed by atoms with E-state index in [0.717, 1.165) is 0 Å². The maximum atomic E-state index is 12.4. The lowest BCUT2D eigenvalue weighted by Gasteiger charge is -2.32. The molecule has 6 heteroatoms. The van der Waals surface area contributed by atoms with Crippen molar-refractivity contribution in [3.05, 3.63) is 24.0 Å². The van der Waals surface area contributed by atoms with Gasteiger partial charge in [0, 0.05) is 19.3 Å². The van der Waals surface area contributed by atoms with Gasteiger partial charge in [0.2, 0.25) is 0 Å². The fourth-order valence-electron chi connectivity index (χ4n) is 1.89. The Morgan fingerprint density at radius 3 is 3.28 bits per heavy atom. The molecule has 0 spiro atoms. The predicted octanol–water partition coefficient (Wildman–Crippen LogP) is 1.17. The number of pyridine rings is 1. The summed E-state index contributed by atoms with van der Waals surface area (Å²) in [6, 6.07) is 1.66. The number of rotatable bonds is 3. The first kappa shape index (κ1) is 13.1. The molecule has 0 bridgehead atoms. The minimum absolute atomic E-state index is 0.0762. The summed E-state index contributed by atoms with van der Waals surface area (Å²) in [6.07, 6.45) is 3.01. The monoisotopic (exact) mass is 270 g/mol. The lowest BCUT2D eigenvalue weighted by atomic mass is 10.2. The number of ether oxygens (including phenoxy) is 2. The number of methoxy groups -OCH3 is 1. The molecule has 18 heavy (non-hydrogen) atoms. The van der Waals surface area contributed by atoms with Gasteiger partial charge in [0.1, 0.15) is 5.75 Å². The van der Waals surface area contributed by atoms with Gasteiger partial charge in [-0.25, -0.2) is 0 Å². The zero-order valence-electron chi connectivity index (χ0n) is 10.1. The van der Waals surface area contributed by atoms with Crippen LogP contribution in [0.25, 0.3) is 0 Å². The Morgan fingerprint density at radius 1 is 1.72 bits per heavy atom. The first-order valence-corrected chi connectivity index (χ1v) is 6.24. The topological polar surface area (TPSA) is 51.7 Å². The molecule has 0 aliphatic carbocycles. The van der Waals surface area contributed by atoms with Crippen molar-refractivity contribution in [1.29, 1.82) is 0 Å². The highest BCUT2D eigenvalue weighted by atomic mass is 35.5. The average Bonchev–Trinajstić information content (AvgIpc) is 2.46. The zero-order chi connectivity index (χ0) is 13.0. The number of morpholine rings is 1. The molecule has 5 nitrogen and oxygen atoms in total. The van der Waals surface area contributed by atoms with Crippen LogP contribution in [0.5, 0.6) is 5.75 Å². The number of hydrogen-bond donors (Lipinski definition) is 0. The first-order chi connectivity index (χ1) is 8.76. The van der Waals surface area contributed by atoms with Crippen molar-refractivity contribution < 1.29 is 14.3 Å². The molecule has 0 N–H and O–H groups in total. The van der Waals surface area contributed by atoms with Crippen LogP contribution in [-0.2, 0) is 4.74 Å². The van der Waals surface area contributed by atoms with Crippen molar-refractivity contribution in [1.82, 2.24) is 9.88 Å². The Labute approximate surface area is 111 Å². The van der Waals surface area contributed by atoms with Crippen molar-refractivity contribution in [3.63, 3.8) is 0 Å². The van der Waals surface area contributed by atoms with Crippen molar-refractivity contribution >= 4 is 17.5 Å². The van der Waals surface area contributed by atoms with E-state index in [-0.39, 0.29) is 12.0 Å². The van der Waals surface area contributed by atoms with E-state index in [1.807, 2.05) is 0 Å². The summed E-state index contributed by atoms with van der Waals surface area (Å²) in [4.78, 5) is 18.0. The molecule has 1 fully saturated rings. The number of amides is 1. The van der Waals surface area contributed by atoms with E-state index in [1.54, 1.807) is 17.2 Å². The second-order valence-electron chi connectivity index (χ2n) is 3.97. The van der Waals surface area contributed by atoms with Crippen LogP contribution in [-0.4, -0.2) is 54.6 Å². The highest BCUT2D eigenvalue weighted by Crippen LogP contribution is 2.19. The van der Waals surface area contributed by atoms with Crippen LogP contribution < -0.4 is 4.74 Å². The number of hydrogen-bond acceptors (Lipinski definition) is 4. The first-order valence-electron chi connectivity index (χ1n) is 5.71. The highest BCUT2D eigenvalue weighted by Gasteiger charge is 2.26. The molecule has 1 aliphatic heterocycles. The molecular formula is C12H15ClN2O3. The Kier molecular flexibility index (Phi) is 4.38. The van der Waals surface area contributed by atoms with Gasteiger partial charge >= 0.3 is 0 Å². The summed E-state index contributed by atoms with van der Waals surface area (Å²) < 4.78 is 10.6.